The first-order valence-corrected chi connectivity index (χ1v) is 8.65. The summed E-state index contributed by atoms with van der Waals surface area (Å²) in [5.74, 6) is 0.321. The highest BCUT2D eigenvalue weighted by atomic mass is 35.5. The SMILES string of the molecule is Oc1c(Cl)cc(NCc2cccc(OCc3ccc(F)cc3)c2)cc1Cl. The maximum Gasteiger partial charge on any atom is 0.152 e. The lowest BCUT2D eigenvalue weighted by molar-refractivity contribution is 0.306. The van der Waals surface area contributed by atoms with Gasteiger partial charge in [0.2, 0.25) is 0 Å². The number of hydrogen-bond donors (Lipinski definition) is 2. The van der Waals surface area contributed by atoms with Crippen molar-refractivity contribution < 1.29 is 14.2 Å². The number of benzene rings is 3. The van der Waals surface area contributed by atoms with Crippen LogP contribution in [0.25, 0.3) is 0 Å². The van der Waals surface area contributed by atoms with E-state index in [1.165, 1.54) is 12.1 Å². The highest BCUT2D eigenvalue weighted by molar-refractivity contribution is 6.37. The van der Waals surface area contributed by atoms with Gasteiger partial charge in [-0.1, -0.05) is 47.5 Å². The molecule has 0 unspecified atom stereocenters. The lowest BCUT2D eigenvalue weighted by Gasteiger charge is -2.11. The number of halogens is 3. The number of phenols is 1. The summed E-state index contributed by atoms with van der Waals surface area (Å²) >= 11 is 11.8. The number of phenolic OH excluding ortho intramolecular Hbond substituents is 1. The first-order chi connectivity index (χ1) is 12.5. The molecule has 0 radical (unpaired) electrons. The second-order valence-corrected chi connectivity index (χ2v) is 6.52. The molecule has 0 saturated carbocycles. The van der Waals surface area contributed by atoms with E-state index in [-0.39, 0.29) is 21.6 Å². The van der Waals surface area contributed by atoms with Crippen molar-refractivity contribution >= 4 is 28.9 Å². The van der Waals surface area contributed by atoms with Crippen LogP contribution in [0.3, 0.4) is 0 Å². The number of nitrogens with one attached hydrogen (secondary N) is 1. The maximum atomic E-state index is 12.9. The largest absolute Gasteiger partial charge is 0.505 e. The number of anilines is 1. The van der Waals surface area contributed by atoms with Gasteiger partial charge in [-0.25, -0.2) is 4.39 Å². The third kappa shape index (κ3) is 4.81. The molecule has 0 amide bonds. The van der Waals surface area contributed by atoms with E-state index in [1.807, 2.05) is 24.3 Å². The van der Waals surface area contributed by atoms with Gasteiger partial charge in [0.15, 0.2) is 5.75 Å². The van der Waals surface area contributed by atoms with Crippen molar-refractivity contribution in [2.75, 3.05) is 5.32 Å². The fourth-order valence-corrected chi connectivity index (χ4v) is 2.85. The average Bonchev–Trinajstić information content (AvgIpc) is 2.64. The third-order valence-corrected chi connectivity index (χ3v) is 4.31. The summed E-state index contributed by atoms with van der Waals surface area (Å²) in [7, 11) is 0. The normalized spacial score (nSPS) is 10.6. The van der Waals surface area contributed by atoms with Gasteiger partial charge in [-0.15, -0.1) is 0 Å². The quantitative estimate of drug-likeness (QED) is 0.504. The van der Waals surface area contributed by atoms with Crippen LogP contribution in [-0.4, -0.2) is 5.11 Å². The molecule has 3 aromatic rings. The Kier molecular flexibility index (Phi) is 5.86. The summed E-state index contributed by atoms with van der Waals surface area (Å²) in [5, 5.41) is 13.2. The number of aromatic hydroxyl groups is 1. The Morgan fingerprint density at radius 3 is 2.31 bits per heavy atom. The number of hydrogen-bond acceptors (Lipinski definition) is 3. The first kappa shape index (κ1) is 18.4. The molecule has 0 fully saturated rings. The van der Waals surface area contributed by atoms with Gasteiger partial charge in [-0.3, -0.25) is 0 Å². The molecular formula is C20H16Cl2FNO2. The van der Waals surface area contributed by atoms with E-state index in [0.29, 0.717) is 18.8 Å². The van der Waals surface area contributed by atoms with Gasteiger partial charge < -0.3 is 15.2 Å². The summed E-state index contributed by atoms with van der Waals surface area (Å²) in [5.41, 5.74) is 2.60. The van der Waals surface area contributed by atoms with Crippen molar-refractivity contribution in [2.24, 2.45) is 0 Å². The molecule has 0 aliphatic heterocycles. The molecule has 134 valence electrons. The zero-order valence-electron chi connectivity index (χ0n) is 13.7. The predicted octanol–water partition coefficient (Wildman–Crippen LogP) is 6.03. The van der Waals surface area contributed by atoms with E-state index in [0.717, 1.165) is 16.9 Å². The molecule has 3 aromatic carbocycles. The Bertz CT molecular complexity index is 878. The lowest BCUT2D eigenvalue weighted by Crippen LogP contribution is -2.01. The summed E-state index contributed by atoms with van der Waals surface area (Å²) < 4.78 is 18.7. The van der Waals surface area contributed by atoms with Crippen LogP contribution in [0, 0.1) is 5.82 Å². The lowest BCUT2D eigenvalue weighted by atomic mass is 10.2. The summed E-state index contributed by atoms with van der Waals surface area (Å²) in [6.45, 7) is 0.894. The molecule has 0 bridgehead atoms. The number of ether oxygens (including phenoxy) is 1. The minimum Gasteiger partial charge on any atom is -0.505 e. The van der Waals surface area contributed by atoms with Crippen LogP contribution in [0.5, 0.6) is 11.5 Å². The minimum atomic E-state index is -0.267. The summed E-state index contributed by atoms with van der Waals surface area (Å²) in [4.78, 5) is 0. The van der Waals surface area contributed by atoms with Gasteiger partial charge in [-0.05, 0) is 47.5 Å². The van der Waals surface area contributed by atoms with Crippen LogP contribution < -0.4 is 10.1 Å². The van der Waals surface area contributed by atoms with Crippen LogP contribution in [-0.2, 0) is 13.2 Å². The zero-order valence-corrected chi connectivity index (χ0v) is 15.2. The highest BCUT2D eigenvalue weighted by Gasteiger charge is 2.07. The molecule has 0 aromatic heterocycles. The molecule has 0 atom stereocenters. The van der Waals surface area contributed by atoms with E-state index >= 15 is 0 Å². The molecule has 3 nitrogen and oxygen atoms in total. The van der Waals surface area contributed by atoms with E-state index in [9.17, 15) is 9.50 Å². The van der Waals surface area contributed by atoms with Crippen LogP contribution in [0.4, 0.5) is 10.1 Å². The second kappa shape index (κ2) is 8.30. The Morgan fingerprint density at radius 2 is 1.62 bits per heavy atom. The van der Waals surface area contributed by atoms with Crippen molar-refractivity contribution in [1.82, 2.24) is 0 Å². The van der Waals surface area contributed by atoms with Crippen molar-refractivity contribution in [3.05, 3.63) is 87.7 Å². The van der Waals surface area contributed by atoms with Crippen molar-refractivity contribution in [1.29, 1.82) is 0 Å². The van der Waals surface area contributed by atoms with Crippen LogP contribution in [0.15, 0.2) is 60.7 Å². The second-order valence-electron chi connectivity index (χ2n) is 5.70. The molecule has 6 heteroatoms. The van der Waals surface area contributed by atoms with Gasteiger partial charge in [0.25, 0.3) is 0 Å². The highest BCUT2D eigenvalue weighted by Crippen LogP contribution is 2.34. The fraction of sp³-hybridized carbons (Fsp3) is 0.100. The van der Waals surface area contributed by atoms with Gasteiger partial charge in [0, 0.05) is 12.2 Å². The average molecular weight is 392 g/mol. The molecule has 2 N–H and O–H groups in total. The van der Waals surface area contributed by atoms with Crippen LogP contribution in [0.1, 0.15) is 11.1 Å². The smallest absolute Gasteiger partial charge is 0.152 e. The Balaban J connectivity index is 1.61. The molecule has 26 heavy (non-hydrogen) atoms. The van der Waals surface area contributed by atoms with Gasteiger partial charge in [0.1, 0.15) is 18.2 Å². The Morgan fingerprint density at radius 1 is 0.923 bits per heavy atom. The molecule has 0 aliphatic rings. The topological polar surface area (TPSA) is 41.5 Å². The van der Waals surface area contributed by atoms with Crippen molar-refractivity contribution in [2.45, 2.75) is 13.2 Å². The van der Waals surface area contributed by atoms with Crippen LogP contribution in [0.2, 0.25) is 10.0 Å². The van der Waals surface area contributed by atoms with Gasteiger partial charge >= 0.3 is 0 Å². The Hall–Kier alpha value is -2.43. The minimum absolute atomic E-state index is 0.130. The van der Waals surface area contributed by atoms with Crippen molar-refractivity contribution in [3.63, 3.8) is 0 Å². The van der Waals surface area contributed by atoms with E-state index < -0.39 is 0 Å². The number of rotatable bonds is 6. The molecular weight excluding hydrogens is 376 g/mol. The standard InChI is InChI=1S/C20H16Cl2FNO2/c21-18-9-16(10-19(22)20(18)25)24-11-14-2-1-3-17(8-14)26-12-13-4-6-15(23)7-5-13/h1-10,24-25H,11-12H2. The molecule has 0 aliphatic carbocycles. The zero-order chi connectivity index (χ0) is 18.5. The molecule has 0 spiro atoms. The monoisotopic (exact) mass is 391 g/mol. The third-order valence-electron chi connectivity index (χ3n) is 3.73. The van der Waals surface area contributed by atoms with E-state index in [2.05, 4.69) is 5.32 Å². The van der Waals surface area contributed by atoms with E-state index in [4.69, 9.17) is 27.9 Å². The molecule has 3 rings (SSSR count). The Labute approximate surface area is 161 Å². The van der Waals surface area contributed by atoms with Gasteiger partial charge in [-0.2, -0.15) is 0 Å². The summed E-state index contributed by atoms with van der Waals surface area (Å²) in [6.07, 6.45) is 0. The van der Waals surface area contributed by atoms with Crippen LogP contribution >= 0.6 is 23.2 Å². The maximum absolute atomic E-state index is 12.9. The summed E-state index contributed by atoms with van der Waals surface area (Å²) in [6, 6.07) is 17.1. The van der Waals surface area contributed by atoms with Crippen molar-refractivity contribution in [3.8, 4) is 11.5 Å². The first-order valence-electron chi connectivity index (χ1n) is 7.89. The van der Waals surface area contributed by atoms with E-state index in [1.54, 1.807) is 24.3 Å². The fourth-order valence-electron chi connectivity index (χ4n) is 2.36. The molecule has 0 saturated heterocycles. The van der Waals surface area contributed by atoms with Gasteiger partial charge in [0.05, 0.1) is 10.0 Å². The molecule has 0 heterocycles. The predicted molar refractivity (Wildman–Crippen MR) is 103 cm³/mol.